The summed E-state index contributed by atoms with van der Waals surface area (Å²) in [5, 5.41) is 0. The van der Waals surface area contributed by atoms with E-state index < -0.39 is 29.8 Å². The van der Waals surface area contributed by atoms with Crippen molar-refractivity contribution in [3.63, 3.8) is 0 Å². The maximum Gasteiger partial charge on any atom is 0.420 e. The molecule has 1 heterocycles. The third kappa shape index (κ3) is 2.15. The summed E-state index contributed by atoms with van der Waals surface area (Å²) < 4.78 is 72.0. The van der Waals surface area contributed by atoms with E-state index >= 15 is 0 Å². The third-order valence-electron chi connectivity index (χ3n) is 1.40. The molecule has 0 aliphatic rings. The van der Waals surface area contributed by atoms with Gasteiger partial charge in [-0.05, 0) is 12.1 Å². The minimum absolute atomic E-state index is 0.240. The summed E-state index contributed by atoms with van der Waals surface area (Å²) in [4.78, 5) is 2.50. The SMILES string of the molecule is Fc1nc(C(F)F)ccc1C(F)(F)F. The Bertz CT molecular complexity index is 331. The monoisotopic (exact) mass is 215 g/mol. The van der Waals surface area contributed by atoms with E-state index in [4.69, 9.17) is 0 Å². The Hall–Kier alpha value is -1.27. The summed E-state index contributed by atoms with van der Waals surface area (Å²) in [7, 11) is 0. The predicted octanol–water partition coefficient (Wildman–Crippen LogP) is 3.18. The standard InChI is InChI=1S/C7H3F6N/c8-5(9)4-2-1-3(6(10)14-4)7(11,12)13/h1-2,5H. The normalized spacial score (nSPS) is 12.2. The van der Waals surface area contributed by atoms with E-state index in [0.29, 0.717) is 6.07 Å². The molecule has 7 heteroatoms. The van der Waals surface area contributed by atoms with Gasteiger partial charge in [-0.1, -0.05) is 0 Å². The highest BCUT2D eigenvalue weighted by Gasteiger charge is 2.35. The highest BCUT2D eigenvalue weighted by molar-refractivity contribution is 5.19. The van der Waals surface area contributed by atoms with E-state index in [9.17, 15) is 26.3 Å². The molecule has 0 radical (unpaired) electrons. The second-order valence-electron chi connectivity index (χ2n) is 2.37. The zero-order valence-electron chi connectivity index (χ0n) is 6.45. The highest BCUT2D eigenvalue weighted by Crippen LogP contribution is 2.31. The van der Waals surface area contributed by atoms with Crippen molar-refractivity contribution in [2.75, 3.05) is 0 Å². The number of alkyl halides is 5. The molecule has 0 atom stereocenters. The van der Waals surface area contributed by atoms with Crippen LogP contribution in [0.5, 0.6) is 0 Å². The fraction of sp³-hybridized carbons (Fsp3) is 0.286. The molecule has 1 aromatic rings. The van der Waals surface area contributed by atoms with Crippen molar-refractivity contribution in [2.24, 2.45) is 0 Å². The lowest BCUT2D eigenvalue weighted by Crippen LogP contribution is -2.10. The van der Waals surface area contributed by atoms with E-state index in [1.165, 1.54) is 0 Å². The molecule has 0 N–H and O–H groups in total. The van der Waals surface area contributed by atoms with Gasteiger partial charge in [0.2, 0.25) is 5.95 Å². The fourth-order valence-corrected chi connectivity index (χ4v) is 0.781. The average molecular weight is 215 g/mol. The molecule has 0 bridgehead atoms. The lowest BCUT2D eigenvalue weighted by Gasteiger charge is -2.07. The van der Waals surface area contributed by atoms with Gasteiger partial charge in [0.1, 0.15) is 11.3 Å². The average Bonchev–Trinajstić information content (AvgIpc) is 2.01. The van der Waals surface area contributed by atoms with Crippen molar-refractivity contribution in [1.82, 2.24) is 4.98 Å². The Morgan fingerprint density at radius 2 is 1.71 bits per heavy atom. The lowest BCUT2D eigenvalue weighted by molar-refractivity contribution is -0.140. The quantitative estimate of drug-likeness (QED) is 0.517. The number of pyridine rings is 1. The van der Waals surface area contributed by atoms with Crippen LogP contribution in [-0.4, -0.2) is 4.98 Å². The minimum atomic E-state index is -4.92. The topological polar surface area (TPSA) is 12.9 Å². The smallest absolute Gasteiger partial charge is 0.218 e. The fourth-order valence-electron chi connectivity index (χ4n) is 0.781. The van der Waals surface area contributed by atoms with Crippen molar-refractivity contribution in [3.8, 4) is 0 Å². The molecule has 0 saturated carbocycles. The molecule has 0 amide bonds. The van der Waals surface area contributed by atoms with Crippen molar-refractivity contribution < 1.29 is 26.3 Å². The van der Waals surface area contributed by atoms with Crippen molar-refractivity contribution in [1.29, 1.82) is 0 Å². The maximum absolute atomic E-state index is 12.5. The number of aromatic nitrogens is 1. The molecule has 0 unspecified atom stereocenters. The molecule has 0 spiro atoms. The first kappa shape index (κ1) is 10.8. The second kappa shape index (κ2) is 3.47. The van der Waals surface area contributed by atoms with Gasteiger partial charge in [-0.3, -0.25) is 0 Å². The largest absolute Gasteiger partial charge is 0.420 e. The van der Waals surface area contributed by atoms with Crippen LogP contribution in [0.25, 0.3) is 0 Å². The van der Waals surface area contributed by atoms with Crippen LogP contribution in [0.2, 0.25) is 0 Å². The van der Waals surface area contributed by atoms with Crippen molar-refractivity contribution in [3.05, 3.63) is 29.3 Å². The molecule has 0 saturated heterocycles. The molecule has 1 rings (SSSR count). The van der Waals surface area contributed by atoms with Crippen LogP contribution in [0.4, 0.5) is 26.3 Å². The summed E-state index contributed by atoms with van der Waals surface area (Å²) in [6, 6.07) is 0.681. The van der Waals surface area contributed by atoms with Gasteiger partial charge >= 0.3 is 6.18 Å². The van der Waals surface area contributed by atoms with Gasteiger partial charge in [-0.25, -0.2) is 13.8 Å². The van der Waals surface area contributed by atoms with E-state index in [-0.39, 0.29) is 6.07 Å². The van der Waals surface area contributed by atoms with Crippen molar-refractivity contribution >= 4 is 0 Å². The number of rotatable bonds is 1. The molecule has 1 aromatic heterocycles. The van der Waals surface area contributed by atoms with Crippen LogP contribution in [0, 0.1) is 5.95 Å². The summed E-state index contributed by atoms with van der Waals surface area (Å²) >= 11 is 0. The van der Waals surface area contributed by atoms with Gasteiger partial charge < -0.3 is 0 Å². The van der Waals surface area contributed by atoms with E-state index in [0.717, 1.165) is 0 Å². The highest BCUT2D eigenvalue weighted by atomic mass is 19.4. The first-order chi connectivity index (χ1) is 6.32. The first-order valence-electron chi connectivity index (χ1n) is 3.34. The molecule has 0 aromatic carbocycles. The molecule has 14 heavy (non-hydrogen) atoms. The molecule has 1 nitrogen and oxygen atoms in total. The molecule has 78 valence electrons. The van der Waals surface area contributed by atoms with Crippen LogP contribution in [0.3, 0.4) is 0 Å². The Balaban J connectivity index is 3.15. The van der Waals surface area contributed by atoms with E-state index in [1.54, 1.807) is 0 Å². The summed E-state index contributed by atoms with van der Waals surface area (Å²) in [6.45, 7) is 0. The number of hydrogen-bond donors (Lipinski definition) is 0. The van der Waals surface area contributed by atoms with Crippen LogP contribution < -0.4 is 0 Å². The Morgan fingerprint density at radius 1 is 1.14 bits per heavy atom. The Labute approximate surface area is 74.4 Å². The molecule has 0 fully saturated rings. The van der Waals surface area contributed by atoms with Gasteiger partial charge in [0.25, 0.3) is 6.43 Å². The number of halogens is 6. The molecular formula is C7H3F6N. The van der Waals surface area contributed by atoms with Gasteiger partial charge in [-0.15, -0.1) is 0 Å². The van der Waals surface area contributed by atoms with Crippen molar-refractivity contribution in [2.45, 2.75) is 12.6 Å². The van der Waals surface area contributed by atoms with Crippen LogP contribution in [-0.2, 0) is 6.18 Å². The Morgan fingerprint density at radius 3 is 2.07 bits per heavy atom. The number of nitrogens with zero attached hydrogens (tertiary/aromatic N) is 1. The lowest BCUT2D eigenvalue weighted by atomic mass is 10.2. The zero-order valence-corrected chi connectivity index (χ0v) is 6.45. The second-order valence-corrected chi connectivity index (χ2v) is 2.37. The van der Waals surface area contributed by atoms with E-state index in [2.05, 4.69) is 4.98 Å². The predicted molar refractivity (Wildman–Crippen MR) is 34.2 cm³/mol. The van der Waals surface area contributed by atoms with Gasteiger partial charge in [0, 0.05) is 0 Å². The van der Waals surface area contributed by atoms with Gasteiger partial charge in [0.15, 0.2) is 0 Å². The summed E-state index contributed by atoms with van der Waals surface area (Å²) in [5.74, 6) is -1.93. The van der Waals surface area contributed by atoms with Gasteiger partial charge in [-0.2, -0.15) is 17.6 Å². The van der Waals surface area contributed by atoms with Crippen LogP contribution >= 0.6 is 0 Å². The minimum Gasteiger partial charge on any atom is -0.218 e. The zero-order chi connectivity index (χ0) is 10.9. The summed E-state index contributed by atoms with van der Waals surface area (Å²) in [6.07, 6.45) is -8.01. The maximum atomic E-state index is 12.5. The van der Waals surface area contributed by atoms with E-state index in [1.807, 2.05) is 0 Å². The Kier molecular flexibility index (Phi) is 2.68. The molecule has 0 aliphatic carbocycles. The number of hydrogen-bond acceptors (Lipinski definition) is 1. The van der Waals surface area contributed by atoms with Crippen LogP contribution in [0.1, 0.15) is 17.7 Å². The summed E-state index contributed by atoms with van der Waals surface area (Å²) in [5.41, 5.74) is -2.67. The first-order valence-corrected chi connectivity index (χ1v) is 3.34. The third-order valence-corrected chi connectivity index (χ3v) is 1.40. The van der Waals surface area contributed by atoms with Gasteiger partial charge in [0.05, 0.1) is 0 Å². The molecular weight excluding hydrogens is 212 g/mol. The molecule has 0 aliphatic heterocycles. The van der Waals surface area contributed by atoms with Crippen LogP contribution in [0.15, 0.2) is 12.1 Å².